The molecule has 1 atom stereocenters. The Kier molecular flexibility index (Phi) is 23.0. The first-order chi connectivity index (χ1) is 27.7. The lowest BCUT2D eigenvalue weighted by Crippen LogP contribution is -2.49. The number of ketones is 1. The second-order valence-electron chi connectivity index (χ2n) is 14.4. The molecule has 0 aromatic heterocycles. The third-order valence-electron chi connectivity index (χ3n) is 9.40. The highest BCUT2D eigenvalue weighted by Crippen LogP contribution is 2.22. The Balaban J connectivity index is 1.31. The van der Waals surface area contributed by atoms with Gasteiger partial charge in [-0.3, -0.25) is 19.3 Å². The van der Waals surface area contributed by atoms with Gasteiger partial charge in [0.1, 0.15) is 5.75 Å². The van der Waals surface area contributed by atoms with Crippen molar-refractivity contribution in [1.29, 1.82) is 0 Å². The average molecular weight is 799 g/mol. The Bertz CT molecular complexity index is 1650. The zero-order chi connectivity index (χ0) is 41.0. The first-order valence-electron chi connectivity index (χ1n) is 20.6. The molecule has 1 fully saturated rings. The van der Waals surface area contributed by atoms with Crippen molar-refractivity contribution < 1.29 is 23.9 Å². The highest BCUT2D eigenvalue weighted by Gasteiger charge is 2.30. The number of halogens is 1. The maximum absolute atomic E-state index is 13.2. The second kappa shape index (κ2) is 28.0. The summed E-state index contributed by atoms with van der Waals surface area (Å²) in [5.74, 6) is 0.188. The summed E-state index contributed by atoms with van der Waals surface area (Å²) in [5, 5.41) is 6.71. The third-order valence-corrected chi connectivity index (χ3v) is 9.65. The van der Waals surface area contributed by atoms with Gasteiger partial charge in [0.15, 0.2) is 11.4 Å². The van der Waals surface area contributed by atoms with Crippen LogP contribution in [0.15, 0.2) is 121 Å². The first-order valence-corrected chi connectivity index (χ1v) is 20.9. The molecule has 2 amide bonds. The highest BCUT2D eigenvalue weighted by molar-refractivity contribution is 6.30. The molecule has 9 heteroatoms. The van der Waals surface area contributed by atoms with Gasteiger partial charge in [0.2, 0.25) is 5.91 Å². The molecule has 1 heterocycles. The van der Waals surface area contributed by atoms with E-state index in [4.69, 9.17) is 21.1 Å². The minimum atomic E-state index is -1.13. The number of nitrogens with zero attached hydrogens (tertiary/aromatic N) is 1. The summed E-state index contributed by atoms with van der Waals surface area (Å²) in [4.78, 5) is 41.0. The van der Waals surface area contributed by atoms with Gasteiger partial charge in [-0.15, -0.1) is 0 Å². The molecule has 1 unspecified atom stereocenters. The molecule has 2 N–H and O–H groups in total. The van der Waals surface area contributed by atoms with Crippen molar-refractivity contribution in [3.05, 3.63) is 138 Å². The fourth-order valence-electron chi connectivity index (χ4n) is 6.12. The van der Waals surface area contributed by atoms with Crippen LogP contribution in [0.4, 0.5) is 0 Å². The van der Waals surface area contributed by atoms with Crippen molar-refractivity contribution in [3.63, 3.8) is 0 Å². The maximum atomic E-state index is 13.2. The summed E-state index contributed by atoms with van der Waals surface area (Å²) in [6.45, 7) is 9.63. The van der Waals surface area contributed by atoms with Crippen LogP contribution in [0, 0.1) is 0 Å². The van der Waals surface area contributed by atoms with Crippen molar-refractivity contribution in [2.24, 2.45) is 0 Å². The van der Waals surface area contributed by atoms with Crippen molar-refractivity contribution in [2.75, 3.05) is 39.4 Å². The Morgan fingerprint density at radius 3 is 1.72 bits per heavy atom. The predicted octanol–water partition coefficient (Wildman–Crippen LogP) is 9.92. The molecule has 8 nitrogen and oxygen atoms in total. The van der Waals surface area contributed by atoms with E-state index in [-0.39, 0.29) is 23.6 Å². The molecular weight excluding hydrogens is 734 g/mol. The number of amides is 2. The molecule has 1 aliphatic rings. The highest BCUT2D eigenvalue weighted by atomic mass is 35.5. The van der Waals surface area contributed by atoms with Gasteiger partial charge in [0.25, 0.3) is 5.91 Å². The topological polar surface area (TPSA) is 97.0 Å². The van der Waals surface area contributed by atoms with Crippen LogP contribution in [0.3, 0.4) is 0 Å². The molecule has 1 aliphatic heterocycles. The molecule has 57 heavy (non-hydrogen) atoms. The zero-order valence-electron chi connectivity index (χ0n) is 34.3. The zero-order valence-corrected chi connectivity index (χ0v) is 35.1. The second-order valence-corrected chi connectivity index (χ2v) is 14.8. The number of carbonyl (C=O) groups is 3. The third kappa shape index (κ3) is 20.0. The Morgan fingerprint density at radius 2 is 1.19 bits per heavy atom. The number of allylic oxidation sites excluding steroid dienone is 12. The normalized spacial score (nSPS) is 14.8. The van der Waals surface area contributed by atoms with Crippen molar-refractivity contribution in [1.82, 2.24) is 15.5 Å². The molecule has 2 aromatic carbocycles. The predicted molar refractivity (Wildman–Crippen MR) is 235 cm³/mol. The van der Waals surface area contributed by atoms with Crippen LogP contribution in [-0.2, 0) is 14.3 Å². The molecule has 2 aromatic rings. The van der Waals surface area contributed by atoms with Gasteiger partial charge >= 0.3 is 0 Å². The minimum absolute atomic E-state index is 0.0461. The number of rotatable bonds is 26. The summed E-state index contributed by atoms with van der Waals surface area (Å²) in [6, 6.07) is 13.7. The molecule has 0 aliphatic carbocycles. The summed E-state index contributed by atoms with van der Waals surface area (Å²) < 4.78 is 11.6. The molecule has 0 spiro atoms. The van der Waals surface area contributed by atoms with Crippen molar-refractivity contribution in [3.8, 4) is 5.75 Å². The van der Waals surface area contributed by atoms with E-state index in [0.29, 0.717) is 61.0 Å². The summed E-state index contributed by atoms with van der Waals surface area (Å²) in [6.07, 6.45) is 34.6. The van der Waals surface area contributed by atoms with Crippen LogP contribution in [0.2, 0.25) is 5.02 Å². The van der Waals surface area contributed by atoms with Crippen LogP contribution in [0.1, 0.15) is 101 Å². The molecule has 1 saturated heterocycles. The number of nitrogens with one attached hydrogen (secondary N) is 2. The van der Waals surface area contributed by atoms with Gasteiger partial charge in [-0.2, -0.15) is 0 Å². The van der Waals surface area contributed by atoms with Gasteiger partial charge in [0.05, 0.1) is 13.2 Å². The monoisotopic (exact) mass is 797 g/mol. The molecular formula is C48H64ClN3O5. The van der Waals surface area contributed by atoms with Gasteiger partial charge in [-0.25, -0.2) is 0 Å². The van der Waals surface area contributed by atoms with Crippen LogP contribution in [-0.4, -0.2) is 73.5 Å². The lowest BCUT2D eigenvalue weighted by molar-refractivity contribution is -0.134. The fraction of sp³-hybridized carbons (Fsp3) is 0.438. The summed E-state index contributed by atoms with van der Waals surface area (Å²) >= 11 is 5.95. The van der Waals surface area contributed by atoms with E-state index in [1.165, 1.54) is 0 Å². The van der Waals surface area contributed by atoms with Gasteiger partial charge in [0, 0.05) is 54.8 Å². The van der Waals surface area contributed by atoms with E-state index in [2.05, 4.69) is 95.4 Å². The first kappa shape index (κ1) is 46.9. The van der Waals surface area contributed by atoms with Gasteiger partial charge < -0.3 is 20.1 Å². The number of benzene rings is 2. The van der Waals surface area contributed by atoms with E-state index >= 15 is 0 Å². The SMILES string of the molecule is CC/C=C\C/C=C\C/C=C\C/C=C\C/C=C\C/C=C\CCC(=O)NCCC(CCNC(=O)C(C)(C)Oc1ccc(C(=O)c2ccc(Cl)cc2)cc1)N1CCOCC1. The number of carbonyl (C=O) groups excluding carboxylic acids is 3. The largest absolute Gasteiger partial charge is 0.478 e. The van der Waals surface area contributed by atoms with Crippen molar-refractivity contribution >= 4 is 29.2 Å². The van der Waals surface area contributed by atoms with E-state index in [9.17, 15) is 14.4 Å². The van der Waals surface area contributed by atoms with Gasteiger partial charge in [-0.05, 0) is 120 Å². The van der Waals surface area contributed by atoms with Gasteiger partial charge in [-0.1, -0.05) is 91.4 Å². The van der Waals surface area contributed by atoms with E-state index in [0.717, 1.165) is 64.5 Å². The number of ether oxygens (including phenoxy) is 2. The van der Waals surface area contributed by atoms with Crippen LogP contribution in [0.5, 0.6) is 5.75 Å². The van der Waals surface area contributed by atoms with Crippen LogP contribution < -0.4 is 15.4 Å². The van der Waals surface area contributed by atoms with Crippen LogP contribution in [0.25, 0.3) is 0 Å². The van der Waals surface area contributed by atoms with Crippen LogP contribution >= 0.6 is 11.6 Å². The number of hydrogen-bond donors (Lipinski definition) is 2. The molecule has 0 radical (unpaired) electrons. The Labute approximate surface area is 346 Å². The summed E-state index contributed by atoms with van der Waals surface area (Å²) in [7, 11) is 0. The van der Waals surface area contributed by atoms with E-state index in [1.54, 1.807) is 62.4 Å². The maximum Gasteiger partial charge on any atom is 0.263 e. The number of hydrogen-bond acceptors (Lipinski definition) is 6. The summed E-state index contributed by atoms with van der Waals surface area (Å²) in [5.41, 5.74) is -0.0718. The standard InChI is InChI=1S/C48H64ClN3O5/c1-4-5-6-7-8-9-10-11-12-13-14-15-16-17-18-19-20-21-22-23-45(53)50-34-32-43(52-36-38-56-39-37-52)33-35-51-47(55)48(2,3)57-44-30-26-41(27-31-44)46(54)40-24-28-42(49)29-25-40/h5-6,8-9,11-12,14-15,17-18,20-21,24-31,43H,4,7,10,13,16,19,22-23,32-39H2,1-3H3,(H,50,53)(H,51,55)/b6-5-,9-8-,12-11-,15-14-,18-17-,21-20-. The molecule has 308 valence electrons. The quantitative estimate of drug-likeness (QED) is 0.0727. The lowest BCUT2D eigenvalue weighted by Gasteiger charge is -2.35. The molecule has 0 bridgehead atoms. The van der Waals surface area contributed by atoms with E-state index in [1.807, 2.05) is 0 Å². The smallest absolute Gasteiger partial charge is 0.263 e. The Morgan fingerprint density at radius 1 is 0.719 bits per heavy atom. The average Bonchev–Trinajstić information content (AvgIpc) is 3.21. The Hall–Kier alpha value is -4.50. The number of morpholine rings is 1. The van der Waals surface area contributed by atoms with E-state index < -0.39 is 5.60 Å². The van der Waals surface area contributed by atoms with Crippen molar-refractivity contribution in [2.45, 2.75) is 96.6 Å². The minimum Gasteiger partial charge on any atom is -0.478 e. The molecule has 3 rings (SSSR count). The lowest BCUT2D eigenvalue weighted by atomic mass is 10.0. The molecule has 0 saturated carbocycles. The fourth-order valence-corrected chi connectivity index (χ4v) is 6.25.